The Kier molecular flexibility index (Phi) is 5.58. The van der Waals surface area contributed by atoms with E-state index in [2.05, 4.69) is 10.6 Å². The summed E-state index contributed by atoms with van der Waals surface area (Å²) in [6, 6.07) is 14.1. The predicted octanol–water partition coefficient (Wildman–Crippen LogP) is 2.83. The molecule has 2 N–H and O–H groups in total. The molecule has 0 bridgehead atoms. The number of aryl methyl sites for hydroxylation is 1. The second kappa shape index (κ2) is 7.88. The first kappa shape index (κ1) is 18.4. The summed E-state index contributed by atoms with van der Waals surface area (Å²) in [5.74, 6) is -0.193. The quantitative estimate of drug-likeness (QED) is 0.816. The van der Waals surface area contributed by atoms with Gasteiger partial charge in [0.1, 0.15) is 0 Å². The third-order valence-electron chi connectivity index (χ3n) is 4.33. The molecule has 1 fully saturated rings. The molecule has 138 valence electrons. The molecule has 7 heteroatoms. The van der Waals surface area contributed by atoms with E-state index in [0.717, 1.165) is 24.1 Å². The van der Waals surface area contributed by atoms with Crippen LogP contribution in [0.1, 0.15) is 18.4 Å². The first-order chi connectivity index (χ1) is 12.4. The monoisotopic (exact) mass is 373 g/mol. The second-order valence-corrected chi connectivity index (χ2v) is 8.34. The van der Waals surface area contributed by atoms with Crippen LogP contribution in [0.25, 0.3) is 0 Å². The van der Waals surface area contributed by atoms with Gasteiger partial charge in [-0.05, 0) is 50.1 Å². The number of sulfonamides is 1. The molecule has 2 aromatic rings. The van der Waals surface area contributed by atoms with Crippen molar-refractivity contribution in [2.24, 2.45) is 0 Å². The molecule has 3 rings (SSSR count). The number of nitrogens with one attached hydrogen (secondary N) is 2. The van der Waals surface area contributed by atoms with Gasteiger partial charge in [0.25, 0.3) is 0 Å². The van der Waals surface area contributed by atoms with Crippen molar-refractivity contribution in [1.29, 1.82) is 0 Å². The molecule has 6 nitrogen and oxygen atoms in total. The fourth-order valence-electron chi connectivity index (χ4n) is 2.87. The molecule has 1 amide bonds. The summed E-state index contributed by atoms with van der Waals surface area (Å²) in [5.41, 5.74) is 2.45. The minimum Gasteiger partial charge on any atom is -0.376 e. The molecule has 1 aliphatic heterocycles. The predicted molar refractivity (Wildman–Crippen MR) is 103 cm³/mol. The SMILES string of the molecule is Cc1ccc(NC(=O)CNc2cccc(S(=O)(=O)N3CCCC3)c2)cc1. The van der Waals surface area contributed by atoms with E-state index < -0.39 is 10.0 Å². The van der Waals surface area contributed by atoms with Gasteiger partial charge in [-0.15, -0.1) is 0 Å². The highest BCUT2D eigenvalue weighted by molar-refractivity contribution is 7.89. The van der Waals surface area contributed by atoms with E-state index in [9.17, 15) is 13.2 Å². The fraction of sp³-hybridized carbons (Fsp3) is 0.316. The molecule has 0 spiro atoms. The van der Waals surface area contributed by atoms with Crippen LogP contribution in [-0.4, -0.2) is 38.3 Å². The van der Waals surface area contributed by atoms with Gasteiger partial charge in [-0.1, -0.05) is 23.8 Å². The number of nitrogens with zero attached hydrogens (tertiary/aromatic N) is 1. The molecule has 2 aromatic carbocycles. The maximum Gasteiger partial charge on any atom is 0.243 e. The Morgan fingerprint density at radius 1 is 1.04 bits per heavy atom. The summed E-state index contributed by atoms with van der Waals surface area (Å²) in [6.07, 6.45) is 1.80. The van der Waals surface area contributed by atoms with E-state index in [0.29, 0.717) is 18.8 Å². The molecule has 0 radical (unpaired) electrons. The van der Waals surface area contributed by atoms with Crippen molar-refractivity contribution in [1.82, 2.24) is 4.31 Å². The molecule has 0 aliphatic carbocycles. The van der Waals surface area contributed by atoms with Crippen LogP contribution in [0.15, 0.2) is 53.4 Å². The summed E-state index contributed by atoms with van der Waals surface area (Å²) < 4.78 is 26.7. The van der Waals surface area contributed by atoms with E-state index in [1.165, 1.54) is 4.31 Å². The average molecular weight is 373 g/mol. The molecule has 0 atom stereocenters. The summed E-state index contributed by atoms with van der Waals surface area (Å²) >= 11 is 0. The highest BCUT2D eigenvalue weighted by atomic mass is 32.2. The largest absolute Gasteiger partial charge is 0.376 e. The smallest absolute Gasteiger partial charge is 0.243 e. The highest BCUT2D eigenvalue weighted by Crippen LogP contribution is 2.23. The Hall–Kier alpha value is -2.38. The first-order valence-corrected chi connectivity index (χ1v) is 10.1. The van der Waals surface area contributed by atoms with E-state index in [-0.39, 0.29) is 17.3 Å². The number of benzene rings is 2. The number of carbonyl (C=O) groups excluding carboxylic acids is 1. The van der Waals surface area contributed by atoms with Crippen molar-refractivity contribution >= 4 is 27.3 Å². The van der Waals surface area contributed by atoms with Crippen molar-refractivity contribution in [2.45, 2.75) is 24.7 Å². The topological polar surface area (TPSA) is 78.5 Å². The number of hydrogen-bond donors (Lipinski definition) is 2. The van der Waals surface area contributed by atoms with Gasteiger partial charge in [0.05, 0.1) is 11.4 Å². The van der Waals surface area contributed by atoms with Crippen LogP contribution < -0.4 is 10.6 Å². The zero-order valence-electron chi connectivity index (χ0n) is 14.7. The number of amides is 1. The standard InChI is InChI=1S/C19H23N3O3S/c1-15-7-9-16(10-8-15)21-19(23)14-20-17-5-4-6-18(13-17)26(24,25)22-11-2-3-12-22/h4-10,13,20H,2-3,11-12,14H2,1H3,(H,21,23). The van der Waals surface area contributed by atoms with Crippen molar-refractivity contribution < 1.29 is 13.2 Å². The molecule has 0 unspecified atom stereocenters. The minimum absolute atomic E-state index is 0.0566. The summed E-state index contributed by atoms with van der Waals surface area (Å²) in [5, 5.41) is 5.79. The highest BCUT2D eigenvalue weighted by Gasteiger charge is 2.27. The number of anilines is 2. The third-order valence-corrected chi connectivity index (χ3v) is 6.22. The van der Waals surface area contributed by atoms with Gasteiger partial charge >= 0.3 is 0 Å². The lowest BCUT2D eigenvalue weighted by atomic mass is 10.2. The van der Waals surface area contributed by atoms with Crippen molar-refractivity contribution in [3.05, 3.63) is 54.1 Å². The van der Waals surface area contributed by atoms with Crippen LogP contribution in [0.5, 0.6) is 0 Å². The lowest BCUT2D eigenvalue weighted by Gasteiger charge is -2.16. The molecule has 1 heterocycles. The number of rotatable bonds is 6. The second-order valence-electron chi connectivity index (χ2n) is 6.41. The lowest BCUT2D eigenvalue weighted by Crippen LogP contribution is -2.28. The lowest BCUT2D eigenvalue weighted by molar-refractivity contribution is -0.114. The van der Waals surface area contributed by atoms with Gasteiger partial charge in [-0.25, -0.2) is 8.42 Å². The van der Waals surface area contributed by atoms with Crippen LogP contribution in [0.4, 0.5) is 11.4 Å². The number of hydrogen-bond acceptors (Lipinski definition) is 4. The summed E-state index contributed by atoms with van der Waals surface area (Å²) in [4.78, 5) is 12.3. The van der Waals surface area contributed by atoms with Gasteiger partial charge < -0.3 is 10.6 Å². The van der Waals surface area contributed by atoms with E-state index in [1.54, 1.807) is 24.3 Å². The van der Waals surface area contributed by atoms with Gasteiger partial charge in [0.15, 0.2) is 0 Å². The van der Waals surface area contributed by atoms with Crippen molar-refractivity contribution in [3.63, 3.8) is 0 Å². The zero-order chi connectivity index (χ0) is 18.6. The summed E-state index contributed by atoms with van der Waals surface area (Å²) in [6.45, 7) is 3.18. The molecule has 0 aromatic heterocycles. The number of carbonyl (C=O) groups is 1. The Bertz CT molecular complexity index is 873. The van der Waals surface area contributed by atoms with Gasteiger partial charge in [-0.2, -0.15) is 4.31 Å². The molecule has 0 saturated carbocycles. The minimum atomic E-state index is -3.46. The fourth-order valence-corrected chi connectivity index (χ4v) is 4.43. The normalized spacial score (nSPS) is 15.0. The Morgan fingerprint density at radius 3 is 2.42 bits per heavy atom. The Morgan fingerprint density at radius 2 is 1.73 bits per heavy atom. The third kappa shape index (κ3) is 4.42. The van der Waals surface area contributed by atoms with Crippen molar-refractivity contribution in [3.8, 4) is 0 Å². The van der Waals surface area contributed by atoms with E-state index in [4.69, 9.17) is 0 Å². The van der Waals surface area contributed by atoms with Gasteiger partial charge in [0, 0.05) is 24.5 Å². The van der Waals surface area contributed by atoms with Crippen LogP contribution in [0, 0.1) is 6.92 Å². The van der Waals surface area contributed by atoms with E-state index >= 15 is 0 Å². The van der Waals surface area contributed by atoms with Crippen LogP contribution >= 0.6 is 0 Å². The van der Waals surface area contributed by atoms with Gasteiger partial charge in [-0.3, -0.25) is 4.79 Å². The van der Waals surface area contributed by atoms with Crippen LogP contribution in [-0.2, 0) is 14.8 Å². The van der Waals surface area contributed by atoms with Crippen LogP contribution in [0.2, 0.25) is 0 Å². The molecular formula is C19H23N3O3S. The molecule has 1 saturated heterocycles. The van der Waals surface area contributed by atoms with E-state index in [1.807, 2.05) is 31.2 Å². The Labute approximate surface area is 154 Å². The molecule has 1 aliphatic rings. The maximum atomic E-state index is 12.6. The molecule has 26 heavy (non-hydrogen) atoms. The van der Waals surface area contributed by atoms with Crippen molar-refractivity contribution in [2.75, 3.05) is 30.3 Å². The van der Waals surface area contributed by atoms with Gasteiger partial charge in [0.2, 0.25) is 15.9 Å². The van der Waals surface area contributed by atoms with Crippen LogP contribution in [0.3, 0.4) is 0 Å². The average Bonchev–Trinajstić information content (AvgIpc) is 3.18. The maximum absolute atomic E-state index is 12.6. The summed E-state index contributed by atoms with van der Waals surface area (Å²) in [7, 11) is -3.46. The Balaban J connectivity index is 1.61. The first-order valence-electron chi connectivity index (χ1n) is 8.66. The molecular weight excluding hydrogens is 350 g/mol. The zero-order valence-corrected chi connectivity index (χ0v) is 15.6.